The lowest BCUT2D eigenvalue weighted by Gasteiger charge is -2.11. The first-order valence-electron chi connectivity index (χ1n) is 9.05. The summed E-state index contributed by atoms with van der Waals surface area (Å²) >= 11 is 0. The fourth-order valence-electron chi connectivity index (χ4n) is 3.27. The van der Waals surface area contributed by atoms with Gasteiger partial charge in [0.15, 0.2) is 0 Å². The zero-order valence-corrected chi connectivity index (χ0v) is 15.5. The molecule has 0 aliphatic rings. The van der Waals surface area contributed by atoms with E-state index < -0.39 is 0 Å². The van der Waals surface area contributed by atoms with Gasteiger partial charge in [0.2, 0.25) is 0 Å². The number of rotatable bonds is 5. The first-order valence-corrected chi connectivity index (χ1v) is 9.05. The van der Waals surface area contributed by atoms with Gasteiger partial charge in [-0.05, 0) is 42.3 Å². The molecule has 2 heterocycles. The molecule has 0 saturated carbocycles. The molecule has 6 heteroatoms. The van der Waals surface area contributed by atoms with Crippen molar-refractivity contribution >= 4 is 0 Å². The third-order valence-electron chi connectivity index (χ3n) is 4.57. The fourth-order valence-corrected chi connectivity index (χ4v) is 3.27. The summed E-state index contributed by atoms with van der Waals surface area (Å²) < 4.78 is 1.84. The first kappa shape index (κ1) is 17.9. The van der Waals surface area contributed by atoms with Crippen molar-refractivity contribution in [3.63, 3.8) is 0 Å². The lowest BCUT2D eigenvalue weighted by atomic mass is 10.0. The number of nitrogens with zero attached hydrogens (tertiary/aromatic N) is 4. The molecule has 3 N–H and O–H groups in total. The number of aromatic nitrogens is 4. The van der Waals surface area contributed by atoms with Crippen LogP contribution >= 0.6 is 0 Å². The summed E-state index contributed by atoms with van der Waals surface area (Å²) in [6, 6.07) is 17.0. The van der Waals surface area contributed by atoms with Gasteiger partial charge in [-0.2, -0.15) is 5.10 Å². The third-order valence-corrected chi connectivity index (χ3v) is 4.57. The Hall–Kier alpha value is -3.51. The Morgan fingerprint density at radius 1 is 1.11 bits per heavy atom. The number of benzene rings is 2. The molecule has 0 saturated heterocycles. The zero-order chi connectivity index (χ0) is 19.5. The molecule has 0 unspecified atom stereocenters. The maximum atomic E-state index is 10.0. The molecule has 4 rings (SSSR count). The van der Waals surface area contributed by atoms with Crippen molar-refractivity contribution in [1.29, 1.82) is 0 Å². The zero-order valence-electron chi connectivity index (χ0n) is 15.5. The SMILES string of the molecule is Cc1cc(O)cc(-c2nn(C[C@H](N)c3ccccc3)cc2-c2ccncn2)c1. The summed E-state index contributed by atoms with van der Waals surface area (Å²) in [5, 5.41) is 14.8. The first-order chi connectivity index (χ1) is 13.6. The second-order valence-electron chi connectivity index (χ2n) is 6.78. The molecule has 0 amide bonds. The van der Waals surface area contributed by atoms with Gasteiger partial charge in [-0.25, -0.2) is 9.97 Å². The van der Waals surface area contributed by atoms with Crippen LogP contribution in [-0.4, -0.2) is 24.9 Å². The molecular formula is C22H21N5O. The van der Waals surface area contributed by atoms with Crippen molar-refractivity contribution in [3.8, 4) is 28.3 Å². The van der Waals surface area contributed by atoms with Crippen LogP contribution in [0.25, 0.3) is 22.5 Å². The Morgan fingerprint density at radius 2 is 1.93 bits per heavy atom. The Morgan fingerprint density at radius 3 is 2.64 bits per heavy atom. The van der Waals surface area contributed by atoms with Gasteiger partial charge in [-0.1, -0.05) is 30.3 Å². The van der Waals surface area contributed by atoms with Crippen LogP contribution in [0.5, 0.6) is 5.75 Å². The maximum absolute atomic E-state index is 10.0. The second kappa shape index (κ2) is 7.62. The van der Waals surface area contributed by atoms with Gasteiger partial charge in [-0.3, -0.25) is 4.68 Å². The summed E-state index contributed by atoms with van der Waals surface area (Å²) in [7, 11) is 0. The van der Waals surface area contributed by atoms with Crippen LogP contribution in [-0.2, 0) is 6.54 Å². The van der Waals surface area contributed by atoms with Gasteiger partial charge in [0, 0.05) is 29.6 Å². The van der Waals surface area contributed by atoms with Gasteiger partial charge in [0.25, 0.3) is 0 Å². The Kier molecular flexibility index (Phi) is 4.87. The highest BCUT2D eigenvalue weighted by atomic mass is 16.3. The third kappa shape index (κ3) is 3.77. The molecule has 0 bridgehead atoms. The molecule has 0 aliphatic heterocycles. The van der Waals surface area contributed by atoms with Crippen LogP contribution in [0, 0.1) is 6.92 Å². The highest BCUT2D eigenvalue weighted by molar-refractivity contribution is 5.79. The van der Waals surface area contributed by atoms with Gasteiger partial charge < -0.3 is 10.8 Å². The minimum absolute atomic E-state index is 0.182. The lowest BCUT2D eigenvalue weighted by molar-refractivity contribution is 0.475. The average Bonchev–Trinajstić information content (AvgIpc) is 3.12. The van der Waals surface area contributed by atoms with E-state index in [0.29, 0.717) is 6.54 Å². The van der Waals surface area contributed by atoms with E-state index in [2.05, 4.69) is 9.97 Å². The quantitative estimate of drug-likeness (QED) is 0.558. The number of aryl methyl sites for hydroxylation is 1. The summed E-state index contributed by atoms with van der Waals surface area (Å²) in [6.45, 7) is 2.47. The van der Waals surface area contributed by atoms with E-state index in [1.807, 2.05) is 60.3 Å². The molecule has 0 fully saturated rings. The second-order valence-corrected chi connectivity index (χ2v) is 6.78. The molecule has 28 heavy (non-hydrogen) atoms. The van der Waals surface area contributed by atoms with E-state index in [-0.39, 0.29) is 11.8 Å². The van der Waals surface area contributed by atoms with Gasteiger partial charge in [0.1, 0.15) is 17.8 Å². The summed E-state index contributed by atoms with van der Waals surface area (Å²) in [5.41, 5.74) is 11.6. The maximum Gasteiger partial charge on any atom is 0.116 e. The Bertz CT molecular complexity index is 1060. The van der Waals surface area contributed by atoms with Crippen molar-refractivity contribution in [2.75, 3.05) is 0 Å². The van der Waals surface area contributed by atoms with Crippen molar-refractivity contribution in [2.45, 2.75) is 19.5 Å². The van der Waals surface area contributed by atoms with Crippen molar-refractivity contribution < 1.29 is 5.11 Å². The van der Waals surface area contributed by atoms with E-state index >= 15 is 0 Å². The van der Waals surface area contributed by atoms with Crippen LogP contribution in [0.2, 0.25) is 0 Å². The predicted octanol–water partition coefficient (Wildman–Crippen LogP) is 3.72. The van der Waals surface area contributed by atoms with E-state index in [0.717, 1.165) is 33.6 Å². The lowest BCUT2D eigenvalue weighted by Crippen LogP contribution is -2.17. The molecule has 140 valence electrons. The summed E-state index contributed by atoms with van der Waals surface area (Å²) in [4.78, 5) is 8.37. The normalized spacial score (nSPS) is 12.1. The minimum atomic E-state index is -0.182. The number of phenolic OH excluding ortho intramolecular Hbond substituents is 1. The number of hydrogen-bond acceptors (Lipinski definition) is 5. The van der Waals surface area contributed by atoms with Crippen LogP contribution in [0.15, 0.2) is 73.3 Å². The predicted molar refractivity (Wildman–Crippen MR) is 108 cm³/mol. The smallest absolute Gasteiger partial charge is 0.116 e. The van der Waals surface area contributed by atoms with E-state index in [4.69, 9.17) is 10.8 Å². The van der Waals surface area contributed by atoms with E-state index in [1.54, 1.807) is 18.3 Å². The molecule has 0 aliphatic carbocycles. The molecule has 1 atom stereocenters. The summed E-state index contributed by atoms with van der Waals surface area (Å²) in [6.07, 6.45) is 5.16. The van der Waals surface area contributed by atoms with Crippen LogP contribution in [0.1, 0.15) is 17.2 Å². The highest BCUT2D eigenvalue weighted by Crippen LogP contribution is 2.32. The average molecular weight is 371 g/mol. The van der Waals surface area contributed by atoms with Crippen LogP contribution < -0.4 is 5.73 Å². The number of nitrogens with two attached hydrogens (primary N) is 1. The largest absolute Gasteiger partial charge is 0.508 e. The van der Waals surface area contributed by atoms with Crippen molar-refractivity contribution in [2.24, 2.45) is 5.73 Å². The molecule has 6 nitrogen and oxygen atoms in total. The monoisotopic (exact) mass is 371 g/mol. The molecule has 0 radical (unpaired) electrons. The van der Waals surface area contributed by atoms with Crippen LogP contribution in [0.4, 0.5) is 0 Å². The van der Waals surface area contributed by atoms with E-state index in [1.165, 1.54) is 6.33 Å². The van der Waals surface area contributed by atoms with Crippen molar-refractivity contribution in [3.05, 3.63) is 84.4 Å². The fraction of sp³-hybridized carbons (Fsp3) is 0.136. The van der Waals surface area contributed by atoms with Gasteiger partial charge >= 0.3 is 0 Å². The topological polar surface area (TPSA) is 89.9 Å². The summed E-state index contributed by atoms with van der Waals surface area (Å²) in [5.74, 6) is 0.208. The minimum Gasteiger partial charge on any atom is -0.508 e. The van der Waals surface area contributed by atoms with Crippen molar-refractivity contribution in [1.82, 2.24) is 19.7 Å². The van der Waals surface area contributed by atoms with E-state index in [9.17, 15) is 5.11 Å². The number of phenols is 1. The molecule has 2 aromatic carbocycles. The molecule has 4 aromatic rings. The highest BCUT2D eigenvalue weighted by Gasteiger charge is 2.17. The molecule has 0 spiro atoms. The number of hydrogen-bond donors (Lipinski definition) is 2. The van der Waals surface area contributed by atoms with Crippen LogP contribution in [0.3, 0.4) is 0 Å². The standard InChI is InChI=1S/C22H21N5O/c1-15-9-17(11-18(28)10-15)22-19(21-7-8-24-14-25-21)12-27(26-22)13-20(23)16-5-3-2-4-6-16/h2-12,14,20,28H,13,23H2,1H3/t20-/m0/s1. The molecule has 2 aromatic heterocycles. The van der Waals surface area contributed by atoms with Gasteiger partial charge in [0.05, 0.1) is 12.2 Å². The Labute approximate surface area is 163 Å². The number of aromatic hydroxyl groups is 1. The van der Waals surface area contributed by atoms with Gasteiger partial charge in [-0.15, -0.1) is 0 Å². The molecular weight excluding hydrogens is 350 g/mol. The Balaban J connectivity index is 1.76.